The molecule has 0 bridgehead atoms. The summed E-state index contributed by atoms with van der Waals surface area (Å²) in [5.74, 6) is -0.249. The highest BCUT2D eigenvalue weighted by atomic mass is 31.2. The number of nitrogens with zero attached hydrogens (tertiary/aromatic N) is 2. The molecule has 0 radical (unpaired) electrons. The Bertz CT molecular complexity index is 1500. The first kappa shape index (κ1) is 32.3. The molecule has 226 valence electrons. The van der Waals surface area contributed by atoms with Crippen molar-refractivity contribution in [1.82, 2.24) is 4.67 Å². The van der Waals surface area contributed by atoms with Crippen LogP contribution in [0.2, 0.25) is 39.3 Å². The lowest BCUT2D eigenvalue weighted by Gasteiger charge is -2.39. The molecule has 0 unspecified atom stereocenters. The second-order valence-electron chi connectivity index (χ2n) is 13.3. The Labute approximate surface area is 262 Å². The highest BCUT2D eigenvalue weighted by Crippen LogP contribution is 2.73. The van der Waals surface area contributed by atoms with E-state index in [1.165, 1.54) is 21.5 Å². The standard InChI is InChI=1S/C35H46N2O2P2Si2/c1-28-34(29-18-12-9-13-19-29)38-41(37(28)2,36-42(3,4)5)35(39-43(6,7)8)30-24-26-33(27-25-30)40(31-20-14-10-15-21-31)32-22-16-11-17-23-32/h9-28,34-35H,1-8H3/t28-,34-,35+,41+/m0/s1. The summed E-state index contributed by atoms with van der Waals surface area (Å²) >= 11 is 0. The van der Waals surface area contributed by atoms with Crippen LogP contribution in [0.3, 0.4) is 0 Å². The van der Waals surface area contributed by atoms with Crippen LogP contribution in [-0.4, -0.2) is 34.3 Å². The van der Waals surface area contributed by atoms with E-state index in [1.54, 1.807) is 0 Å². The number of hydrogen-bond donors (Lipinski definition) is 0. The topological polar surface area (TPSA) is 34.1 Å². The lowest BCUT2D eigenvalue weighted by atomic mass is 10.0. The van der Waals surface area contributed by atoms with Gasteiger partial charge in [-0.15, -0.1) is 0 Å². The second kappa shape index (κ2) is 13.1. The molecule has 1 saturated heterocycles. The van der Waals surface area contributed by atoms with Crippen molar-refractivity contribution in [3.05, 3.63) is 126 Å². The van der Waals surface area contributed by atoms with Crippen LogP contribution in [0.4, 0.5) is 0 Å². The number of benzene rings is 4. The van der Waals surface area contributed by atoms with Crippen LogP contribution in [-0.2, 0) is 8.95 Å². The lowest BCUT2D eigenvalue weighted by molar-refractivity contribution is 0.201. The van der Waals surface area contributed by atoms with Gasteiger partial charge in [0, 0.05) is 6.04 Å². The molecule has 0 aromatic heterocycles. The minimum atomic E-state index is -2.58. The molecule has 0 spiro atoms. The molecule has 1 heterocycles. The summed E-state index contributed by atoms with van der Waals surface area (Å²) < 4.78 is 22.7. The molecule has 1 fully saturated rings. The first-order valence-electron chi connectivity index (χ1n) is 15.2. The maximum absolute atomic E-state index is 7.32. The van der Waals surface area contributed by atoms with Crippen LogP contribution in [0, 0.1) is 0 Å². The Kier molecular flexibility index (Phi) is 9.80. The Morgan fingerprint density at radius 3 is 1.65 bits per heavy atom. The van der Waals surface area contributed by atoms with Gasteiger partial charge in [0.1, 0.15) is 11.9 Å². The predicted octanol–water partition coefficient (Wildman–Crippen LogP) is 9.25. The Balaban J connectivity index is 1.63. The van der Waals surface area contributed by atoms with Crippen LogP contribution in [0.5, 0.6) is 0 Å². The first-order chi connectivity index (χ1) is 20.4. The van der Waals surface area contributed by atoms with E-state index >= 15 is 0 Å². The van der Waals surface area contributed by atoms with Crippen LogP contribution in [0.15, 0.2) is 120 Å². The molecule has 4 aromatic rings. The average molecular weight is 645 g/mol. The molecular formula is C35H46N2O2P2Si2. The molecule has 5 rings (SSSR count). The van der Waals surface area contributed by atoms with Gasteiger partial charge in [0.05, 0.1) is 0 Å². The SMILES string of the molecule is C[C@H]1[C@@H](c2ccccc2)O[P@@](=N[Si](C)(C)C)([C@@H](O[Si](C)(C)C)c2ccc(P(c3ccccc3)c3ccccc3)cc2)N1C. The zero-order chi connectivity index (χ0) is 30.8. The first-order valence-corrected chi connectivity index (χ1v) is 25.0. The minimum Gasteiger partial charge on any atom is -0.402 e. The summed E-state index contributed by atoms with van der Waals surface area (Å²) in [5, 5.41) is 4.03. The molecular weight excluding hydrogens is 599 g/mol. The van der Waals surface area contributed by atoms with E-state index in [0.29, 0.717) is 0 Å². The summed E-state index contributed by atoms with van der Waals surface area (Å²) in [4.78, 5) is 0. The van der Waals surface area contributed by atoms with E-state index in [9.17, 15) is 0 Å². The van der Waals surface area contributed by atoms with E-state index in [2.05, 4.69) is 173 Å². The van der Waals surface area contributed by atoms with Gasteiger partial charge in [-0.25, -0.2) is 4.67 Å². The van der Waals surface area contributed by atoms with Gasteiger partial charge < -0.3 is 13.4 Å². The summed E-state index contributed by atoms with van der Waals surface area (Å²) in [6.45, 7) is 16.0. The van der Waals surface area contributed by atoms with Crippen molar-refractivity contribution in [2.75, 3.05) is 7.05 Å². The molecule has 0 saturated carbocycles. The van der Waals surface area contributed by atoms with Crippen LogP contribution >= 0.6 is 15.4 Å². The van der Waals surface area contributed by atoms with Crippen molar-refractivity contribution in [2.45, 2.75) is 64.2 Å². The number of rotatable bonds is 9. The summed E-state index contributed by atoms with van der Waals surface area (Å²) in [7, 11) is -5.00. The normalized spacial score (nSPS) is 22.1. The van der Waals surface area contributed by atoms with E-state index in [-0.39, 0.29) is 18.0 Å². The third-order valence-electron chi connectivity index (χ3n) is 7.56. The molecule has 1 aliphatic rings. The van der Waals surface area contributed by atoms with Gasteiger partial charge in [-0.05, 0) is 88.2 Å². The number of likely N-dealkylation sites (N-methyl/N-ethyl adjacent to an activating group) is 1. The smallest absolute Gasteiger partial charge is 0.185 e. The Morgan fingerprint density at radius 1 is 0.721 bits per heavy atom. The van der Waals surface area contributed by atoms with Crippen LogP contribution in [0.1, 0.15) is 30.0 Å². The van der Waals surface area contributed by atoms with E-state index in [1.807, 2.05) is 0 Å². The zero-order valence-electron chi connectivity index (χ0n) is 26.8. The van der Waals surface area contributed by atoms with Crippen molar-refractivity contribution in [1.29, 1.82) is 0 Å². The quantitative estimate of drug-likeness (QED) is 0.135. The van der Waals surface area contributed by atoms with Crippen molar-refractivity contribution in [3.63, 3.8) is 0 Å². The third kappa shape index (κ3) is 7.40. The molecule has 0 aliphatic carbocycles. The summed E-state index contributed by atoms with van der Waals surface area (Å²) in [6, 6.07) is 41.8. The van der Waals surface area contributed by atoms with Crippen LogP contribution < -0.4 is 15.9 Å². The maximum Gasteiger partial charge on any atom is 0.185 e. The molecule has 4 atom stereocenters. The van der Waals surface area contributed by atoms with E-state index in [4.69, 9.17) is 13.4 Å². The van der Waals surface area contributed by atoms with Gasteiger partial charge in [-0.2, -0.15) is 0 Å². The van der Waals surface area contributed by atoms with Crippen molar-refractivity contribution < 1.29 is 8.95 Å². The van der Waals surface area contributed by atoms with E-state index < -0.39 is 31.9 Å². The molecule has 4 nitrogen and oxygen atoms in total. The van der Waals surface area contributed by atoms with Gasteiger partial charge in [-0.3, -0.25) is 0 Å². The Hall–Kier alpha value is -2.15. The molecule has 4 aromatic carbocycles. The molecule has 0 amide bonds. The largest absolute Gasteiger partial charge is 0.402 e. The average Bonchev–Trinajstić information content (AvgIpc) is 3.22. The highest BCUT2D eigenvalue weighted by Gasteiger charge is 2.51. The minimum absolute atomic E-state index is 0.0596. The van der Waals surface area contributed by atoms with Gasteiger partial charge >= 0.3 is 0 Å². The van der Waals surface area contributed by atoms with Crippen molar-refractivity contribution in [2.24, 2.45) is 4.41 Å². The van der Waals surface area contributed by atoms with Gasteiger partial charge in [0.2, 0.25) is 0 Å². The van der Waals surface area contributed by atoms with Crippen molar-refractivity contribution in [3.8, 4) is 0 Å². The second-order valence-corrected chi connectivity index (χ2v) is 27.6. The van der Waals surface area contributed by atoms with E-state index in [0.717, 1.165) is 5.56 Å². The van der Waals surface area contributed by atoms with Crippen LogP contribution in [0.25, 0.3) is 0 Å². The highest BCUT2D eigenvalue weighted by molar-refractivity contribution is 7.79. The fraction of sp³-hybridized carbons (Fsp3) is 0.314. The predicted molar refractivity (Wildman–Crippen MR) is 193 cm³/mol. The number of hydrogen-bond acceptors (Lipinski definition) is 3. The summed E-state index contributed by atoms with van der Waals surface area (Å²) in [5.41, 5.74) is 2.36. The molecule has 1 aliphatic heterocycles. The fourth-order valence-corrected chi connectivity index (χ4v) is 17.2. The maximum atomic E-state index is 7.32. The lowest BCUT2D eigenvalue weighted by Crippen LogP contribution is -2.32. The molecule has 8 heteroatoms. The van der Waals surface area contributed by atoms with Gasteiger partial charge in [0.25, 0.3) is 0 Å². The monoisotopic (exact) mass is 644 g/mol. The molecule has 43 heavy (non-hydrogen) atoms. The van der Waals surface area contributed by atoms with Gasteiger partial charge in [0.15, 0.2) is 24.0 Å². The third-order valence-corrected chi connectivity index (χ3v) is 17.5. The van der Waals surface area contributed by atoms with Gasteiger partial charge in [-0.1, -0.05) is 115 Å². The zero-order valence-corrected chi connectivity index (χ0v) is 30.6. The van der Waals surface area contributed by atoms with Crippen molar-refractivity contribution >= 4 is 47.8 Å². The summed E-state index contributed by atoms with van der Waals surface area (Å²) in [6.07, 6.45) is -0.0596. The molecule has 0 N–H and O–H groups in total. The fourth-order valence-electron chi connectivity index (χ4n) is 5.62. The Morgan fingerprint density at radius 2 is 1.19 bits per heavy atom.